The third-order valence-corrected chi connectivity index (χ3v) is 7.37. The molecule has 0 bridgehead atoms. The smallest absolute Gasteiger partial charge is 0.259 e. The van der Waals surface area contributed by atoms with Gasteiger partial charge in [0.25, 0.3) is 5.56 Å². The number of rotatable bonds is 7. The molecule has 1 fully saturated rings. The number of hydrogen-bond acceptors (Lipinski definition) is 5. The van der Waals surface area contributed by atoms with Crippen LogP contribution < -0.4 is 5.56 Å². The van der Waals surface area contributed by atoms with Crippen molar-refractivity contribution in [1.29, 1.82) is 0 Å². The number of thioether (sulfide) groups is 1. The molecule has 1 aliphatic rings. The zero-order valence-corrected chi connectivity index (χ0v) is 20.5. The number of benzene rings is 2. The number of nitrogens with zero attached hydrogens (tertiary/aromatic N) is 3. The first-order valence-electron chi connectivity index (χ1n) is 11.6. The second-order valence-corrected chi connectivity index (χ2v) is 9.49. The number of piperazine rings is 1. The molecule has 6 heteroatoms. The van der Waals surface area contributed by atoms with E-state index in [-0.39, 0.29) is 17.4 Å². The van der Waals surface area contributed by atoms with Crippen molar-refractivity contribution < 1.29 is 5.11 Å². The number of aromatic hydroxyl groups is 1. The molecule has 0 aliphatic carbocycles. The number of likely N-dealkylation sites (N-methyl/N-ethyl adjacent to an activating group) is 1. The average Bonchev–Trinajstić information content (AvgIpc) is 2.85. The number of hydrogen-bond donors (Lipinski definition) is 1. The lowest BCUT2D eigenvalue weighted by atomic mass is 9.96. The first kappa shape index (κ1) is 23.6. The standard InChI is InChI=1S/C27H33N3O2S/c1-4-28-14-16-29(17-15-28)26(22-10-12-23(33-3)13-11-22)25-24(31)18-20(2)30(27(25)32)19-21-8-6-5-7-9-21/h5-13,18,26,31H,4,14-17,19H2,1-3H3. The predicted octanol–water partition coefficient (Wildman–Crippen LogP) is 4.36. The van der Waals surface area contributed by atoms with Crippen molar-refractivity contribution in [2.45, 2.75) is 31.3 Å². The Hall–Kier alpha value is -2.54. The minimum absolute atomic E-state index is 0.0821. The number of aromatic nitrogens is 1. The molecule has 1 saturated heterocycles. The summed E-state index contributed by atoms with van der Waals surface area (Å²) < 4.78 is 1.79. The summed E-state index contributed by atoms with van der Waals surface area (Å²) in [7, 11) is 0. The third kappa shape index (κ3) is 5.18. The molecule has 1 aliphatic heterocycles. The van der Waals surface area contributed by atoms with Gasteiger partial charge in [-0.05, 0) is 49.1 Å². The topological polar surface area (TPSA) is 48.7 Å². The molecular weight excluding hydrogens is 430 g/mol. The van der Waals surface area contributed by atoms with Crippen molar-refractivity contribution in [1.82, 2.24) is 14.4 Å². The summed E-state index contributed by atoms with van der Waals surface area (Å²) in [6, 6.07) is 19.9. The molecule has 0 saturated carbocycles. The lowest BCUT2D eigenvalue weighted by Gasteiger charge is -2.39. The van der Waals surface area contributed by atoms with Gasteiger partial charge in [-0.1, -0.05) is 49.4 Å². The molecule has 174 valence electrons. The van der Waals surface area contributed by atoms with Crippen molar-refractivity contribution in [3.05, 3.63) is 93.4 Å². The quantitative estimate of drug-likeness (QED) is 0.528. The Morgan fingerprint density at radius 3 is 2.27 bits per heavy atom. The Morgan fingerprint density at radius 1 is 1.00 bits per heavy atom. The first-order chi connectivity index (χ1) is 16.0. The van der Waals surface area contributed by atoms with Gasteiger partial charge in [-0.3, -0.25) is 9.69 Å². The van der Waals surface area contributed by atoms with Crippen LogP contribution in [0.1, 0.15) is 35.3 Å². The molecular formula is C27H33N3O2S. The van der Waals surface area contributed by atoms with Crippen LogP contribution in [0, 0.1) is 6.92 Å². The molecule has 5 nitrogen and oxygen atoms in total. The highest BCUT2D eigenvalue weighted by atomic mass is 32.2. The summed E-state index contributed by atoms with van der Waals surface area (Å²) in [6.45, 7) is 9.21. The third-order valence-electron chi connectivity index (χ3n) is 6.63. The minimum atomic E-state index is -0.282. The molecule has 1 unspecified atom stereocenters. The van der Waals surface area contributed by atoms with Gasteiger partial charge in [0.05, 0.1) is 18.2 Å². The fourth-order valence-electron chi connectivity index (χ4n) is 4.67. The molecule has 2 aromatic carbocycles. The summed E-state index contributed by atoms with van der Waals surface area (Å²) in [5.74, 6) is 0.0821. The van der Waals surface area contributed by atoms with Crippen LogP contribution in [-0.2, 0) is 6.54 Å². The Bertz CT molecular complexity index is 1120. The van der Waals surface area contributed by atoms with Crippen LogP contribution in [0.5, 0.6) is 5.75 Å². The lowest BCUT2D eigenvalue weighted by molar-refractivity contribution is 0.111. The average molecular weight is 464 g/mol. The van der Waals surface area contributed by atoms with E-state index in [2.05, 4.69) is 47.2 Å². The molecule has 1 N–H and O–H groups in total. The van der Waals surface area contributed by atoms with Crippen LogP contribution in [0.4, 0.5) is 0 Å². The van der Waals surface area contributed by atoms with Crippen molar-refractivity contribution in [2.24, 2.45) is 0 Å². The van der Waals surface area contributed by atoms with Crippen molar-refractivity contribution >= 4 is 11.8 Å². The summed E-state index contributed by atoms with van der Waals surface area (Å²) >= 11 is 1.70. The van der Waals surface area contributed by atoms with Crippen LogP contribution in [0.25, 0.3) is 0 Å². The van der Waals surface area contributed by atoms with Crippen LogP contribution in [0.2, 0.25) is 0 Å². The number of aryl methyl sites for hydroxylation is 1. The van der Waals surface area contributed by atoms with Gasteiger partial charge in [0.2, 0.25) is 0 Å². The lowest BCUT2D eigenvalue weighted by Crippen LogP contribution is -2.48. The van der Waals surface area contributed by atoms with Gasteiger partial charge in [0.1, 0.15) is 5.75 Å². The molecule has 2 heterocycles. The fraction of sp³-hybridized carbons (Fsp3) is 0.370. The van der Waals surface area contributed by atoms with Gasteiger partial charge in [-0.15, -0.1) is 11.8 Å². The Balaban J connectivity index is 1.80. The van der Waals surface area contributed by atoms with Crippen LogP contribution in [-0.4, -0.2) is 58.5 Å². The molecule has 0 amide bonds. The van der Waals surface area contributed by atoms with Gasteiger partial charge >= 0.3 is 0 Å². The van der Waals surface area contributed by atoms with E-state index in [0.29, 0.717) is 12.1 Å². The minimum Gasteiger partial charge on any atom is -0.507 e. The van der Waals surface area contributed by atoms with Crippen LogP contribution in [0.3, 0.4) is 0 Å². The van der Waals surface area contributed by atoms with Crippen molar-refractivity contribution in [3.8, 4) is 5.75 Å². The van der Waals surface area contributed by atoms with Gasteiger partial charge in [-0.2, -0.15) is 0 Å². The SMILES string of the molecule is CCN1CCN(C(c2ccc(SC)cc2)c2c(O)cc(C)n(Cc3ccccc3)c2=O)CC1. The zero-order valence-electron chi connectivity index (χ0n) is 19.7. The largest absolute Gasteiger partial charge is 0.507 e. The van der Waals surface area contributed by atoms with E-state index in [9.17, 15) is 9.90 Å². The monoisotopic (exact) mass is 463 g/mol. The second-order valence-electron chi connectivity index (χ2n) is 8.61. The zero-order chi connectivity index (χ0) is 23.4. The Labute approximate surface area is 200 Å². The molecule has 1 atom stereocenters. The second kappa shape index (κ2) is 10.6. The molecule has 1 aromatic heterocycles. The highest BCUT2D eigenvalue weighted by Crippen LogP contribution is 2.34. The fourth-order valence-corrected chi connectivity index (χ4v) is 5.08. The van der Waals surface area contributed by atoms with Crippen molar-refractivity contribution in [2.75, 3.05) is 39.0 Å². The van der Waals surface area contributed by atoms with Crippen molar-refractivity contribution in [3.63, 3.8) is 0 Å². The number of pyridine rings is 1. The Morgan fingerprint density at radius 2 is 1.67 bits per heavy atom. The molecule has 33 heavy (non-hydrogen) atoms. The normalized spacial score (nSPS) is 16.1. The van der Waals surface area contributed by atoms with Crippen LogP contribution >= 0.6 is 11.8 Å². The van der Waals surface area contributed by atoms with E-state index in [1.165, 1.54) is 4.90 Å². The van der Waals surface area contributed by atoms with E-state index >= 15 is 0 Å². The molecule has 3 aromatic rings. The molecule has 4 rings (SSSR count). The van der Waals surface area contributed by atoms with Gasteiger partial charge < -0.3 is 14.6 Å². The maximum absolute atomic E-state index is 13.9. The summed E-state index contributed by atoms with van der Waals surface area (Å²) in [6.07, 6.45) is 2.06. The molecule has 0 radical (unpaired) electrons. The van der Waals surface area contributed by atoms with Gasteiger partial charge in [0, 0.05) is 36.8 Å². The van der Waals surface area contributed by atoms with Crippen LogP contribution in [0.15, 0.2) is 70.4 Å². The maximum Gasteiger partial charge on any atom is 0.259 e. The van der Waals surface area contributed by atoms with E-state index in [1.54, 1.807) is 22.4 Å². The van der Waals surface area contributed by atoms with E-state index in [4.69, 9.17) is 0 Å². The maximum atomic E-state index is 13.9. The first-order valence-corrected chi connectivity index (χ1v) is 12.8. The van der Waals surface area contributed by atoms with E-state index in [0.717, 1.165) is 49.5 Å². The summed E-state index contributed by atoms with van der Waals surface area (Å²) in [4.78, 5) is 19.8. The van der Waals surface area contributed by atoms with E-state index in [1.807, 2.05) is 37.3 Å². The highest BCUT2D eigenvalue weighted by Gasteiger charge is 2.31. The Kier molecular flexibility index (Phi) is 7.58. The summed E-state index contributed by atoms with van der Waals surface area (Å²) in [5, 5.41) is 11.1. The molecule has 0 spiro atoms. The predicted molar refractivity (Wildman–Crippen MR) is 136 cm³/mol. The van der Waals surface area contributed by atoms with E-state index < -0.39 is 0 Å². The highest BCUT2D eigenvalue weighted by molar-refractivity contribution is 7.98. The summed E-state index contributed by atoms with van der Waals surface area (Å²) in [5.41, 5.74) is 3.22. The van der Waals surface area contributed by atoms with Gasteiger partial charge in [0.15, 0.2) is 0 Å². The van der Waals surface area contributed by atoms with Gasteiger partial charge in [-0.25, -0.2) is 0 Å².